The fourth-order valence-electron chi connectivity index (χ4n) is 1.67. The summed E-state index contributed by atoms with van der Waals surface area (Å²) in [5.74, 6) is 0.0203. The third-order valence-electron chi connectivity index (χ3n) is 2.37. The molecule has 1 aliphatic rings. The molecule has 74 valence electrons. The van der Waals surface area contributed by atoms with E-state index in [1.165, 1.54) is 11.3 Å². The van der Waals surface area contributed by atoms with Crippen molar-refractivity contribution in [3.63, 3.8) is 0 Å². The molecule has 2 rings (SSSR count). The first-order valence-electron chi connectivity index (χ1n) is 4.56. The van der Waals surface area contributed by atoms with Gasteiger partial charge in [-0.15, -0.1) is 11.3 Å². The predicted molar refractivity (Wildman–Crippen MR) is 57.3 cm³/mol. The number of nitrogens with one attached hydrogen (secondary N) is 1. The summed E-state index contributed by atoms with van der Waals surface area (Å²) in [4.78, 5) is 11.8. The standard InChI is InChI=1S/C10H12N2OS/c11-10(13)9-8(3-6-14-9)7-1-4-12-5-2-7/h1,3-4,6-7,12H,2,5H2,(H2,11,13). The van der Waals surface area contributed by atoms with Gasteiger partial charge in [-0.1, -0.05) is 6.08 Å². The van der Waals surface area contributed by atoms with Crippen molar-refractivity contribution in [1.82, 2.24) is 5.32 Å². The number of thiophene rings is 1. The minimum atomic E-state index is -0.318. The number of carbonyl (C=O) groups excluding carboxylic acids is 1. The molecule has 0 radical (unpaired) electrons. The molecule has 0 saturated carbocycles. The molecule has 2 heterocycles. The van der Waals surface area contributed by atoms with Gasteiger partial charge in [-0.05, 0) is 29.6 Å². The zero-order valence-corrected chi connectivity index (χ0v) is 8.51. The second kappa shape index (κ2) is 3.84. The molecule has 1 aliphatic heterocycles. The third kappa shape index (κ3) is 1.65. The Morgan fingerprint density at radius 3 is 3.14 bits per heavy atom. The number of carbonyl (C=O) groups is 1. The van der Waals surface area contributed by atoms with Crippen LogP contribution in [0.2, 0.25) is 0 Å². The molecule has 3 N–H and O–H groups in total. The van der Waals surface area contributed by atoms with E-state index >= 15 is 0 Å². The van der Waals surface area contributed by atoms with Gasteiger partial charge >= 0.3 is 0 Å². The molecule has 0 aromatic carbocycles. The zero-order valence-electron chi connectivity index (χ0n) is 7.69. The van der Waals surface area contributed by atoms with Crippen molar-refractivity contribution in [3.05, 3.63) is 34.2 Å². The molecule has 1 amide bonds. The minimum Gasteiger partial charge on any atom is -0.391 e. The highest BCUT2D eigenvalue weighted by Gasteiger charge is 2.18. The molecule has 3 nitrogen and oxygen atoms in total. The summed E-state index contributed by atoms with van der Waals surface area (Å²) in [5.41, 5.74) is 6.37. The average molecular weight is 208 g/mol. The van der Waals surface area contributed by atoms with Crippen LogP contribution in [0.25, 0.3) is 0 Å². The number of hydrogen-bond acceptors (Lipinski definition) is 3. The Morgan fingerprint density at radius 2 is 2.50 bits per heavy atom. The highest BCUT2D eigenvalue weighted by Crippen LogP contribution is 2.29. The van der Waals surface area contributed by atoms with Crippen LogP contribution in [0.5, 0.6) is 0 Å². The van der Waals surface area contributed by atoms with Crippen LogP contribution in [0.1, 0.15) is 27.6 Å². The number of nitrogens with two attached hydrogens (primary N) is 1. The molecule has 1 aromatic heterocycles. The monoisotopic (exact) mass is 208 g/mol. The van der Waals surface area contributed by atoms with Gasteiger partial charge in [0.15, 0.2) is 0 Å². The quantitative estimate of drug-likeness (QED) is 0.772. The maximum absolute atomic E-state index is 11.1. The van der Waals surface area contributed by atoms with E-state index in [4.69, 9.17) is 5.73 Å². The van der Waals surface area contributed by atoms with Crippen LogP contribution < -0.4 is 11.1 Å². The summed E-state index contributed by atoms with van der Waals surface area (Å²) >= 11 is 1.42. The largest absolute Gasteiger partial charge is 0.391 e. The first kappa shape index (κ1) is 9.27. The van der Waals surface area contributed by atoms with Crippen LogP contribution in [-0.4, -0.2) is 12.5 Å². The molecular formula is C10H12N2OS. The number of primary amides is 1. The molecular weight excluding hydrogens is 196 g/mol. The van der Waals surface area contributed by atoms with Gasteiger partial charge in [0.25, 0.3) is 5.91 Å². The van der Waals surface area contributed by atoms with Crippen molar-refractivity contribution in [3.8, 4) is 0 Å². The summed E-state index contributed by atoms with van der Waals surface area (Å²) in [7, 11) is 0. The molecule has 0 spiro atoms. The molecule has 1 atom stereocenters. The van der Waals surface area contributed by atoms with Gasteiger partial charge in [-0.3, -0.25) is 4.79 Å². The lowest BCUT2D eigenvalue weighted by atomic mass is 9.94. The van der Waals surface area contributed by atoms with Gasteiger partial charge in [0, 0.05) is 12.5 Å². The summed E-state index contributed by atoms with van der Waals surface area (Å²) in [5, 5.41) is 5.05. The molecule has 1 unspecified atom stereocenters. The topological polar surface area (TPSA) is 55.1 Å². The van der Waals surface area contributed by atoms with E-state index in [9.17, 15) is 4.79 Å². The summed E-state index contributed by atoms with van der Waals surface area (Å²) < 4.78 is 0. The lowest BCUT2D eigenvalue weighted by Gasteiger charge is -2.17. The Kier molecular flexibility index (Phi) is 2.54. The Labute approximate surface area is 86.6 Å². The van der Waals surface area contributed by atoms with E-state index in [0.717, 1.165) is 18.5 Å². The third-order valence-corrected chi connectivity index (χ3v) is 3.31. The molecule has 0 saturated heterocycles. The fourth-order valence-corrected chi connectivity index (χ4v) is 2.50. The number of rotatable bonds is 2. The van der Waals surface area contributed by atoms with Crippen LogP contribution >= 0.6 is 11.3 Å². The number of hydrogen-bond donors (Lipinski definition) is 2. The molecule has 0 aliphatic carbocycles. The number of allylic oxidation sites excluding steroid dienone is 1. The summed E-state index contributed by atoms with van der Waals surface area (Å²) in [6.07, 6.45) is 5.04. The van der Waals surface area contributed by atoms with Crippen molar-refractivity contribution in [1.29, 1.82) is 0 Å². The maximum atomic E-state index is 11.1. The van der Waals surface area contributed by atoms with Crippen molar-refractivity contribution in [2.75, 3.05) is 6.54 Å². The first-order chi connectivity index (χ1) is 6.79. The van der Waals surface area contributed by atoms with Crippen LogP contribution in [0.3, 0.4) is 0 Å². The van der Waals surface area contributed by atoms with Gasteiger partial charge in [-0.2, -0.15) is 0 Å². The Bertz CT molecular complexity index is 370. The smallest absolute Gasteiger partial charge is 0.259 e. The van der Waals surface area contributed by atoms with E-state index in [2.05, 4.69) is 11.4 Å². The molecule has 14 heavy (non-hydrogen) atoms. The average Bonchev–Trinajstić information content (AvgIpc) is 2.67. The Balaban J connectivity index is 2.30. The van der Waals surface area contributed by atoms with E-state index < -0.39 is 0 Å². The Hall–Kier alpha value is -1.29. The summed E-state index contributed by atoms with van der Waals surface area (Å²) in [6.45, 7) is 0.954. The fraction of sp³-hybridized carbons (Fsp3) is 0.300. The van der Waals surface area contributed by atoms with Gasteiger partial charge in [0.05, 0.1) is 4.88 Å². The second-order valence-electron chi connectivity index (χ2n) is 3.28. The highest BCUT2D eigenvalue weighted by molar-refractivity contribution is 7.12. The van der Waals surface area contributed by atoms with Crippen molar-refractivity contribution >= 4 is 17.2 Å². The van der Waals surface area contributed by atoms with Crippen LogP contribution in [0.15, 0.2) is 23.7 Å². The van der Waals surface area contributed by atoms with E-state index in [1.807, 2.05) is 17.6 Å². The van der Waals surface area contributed by atoms with Crippen LogP contribution in [-0.2, 0) is 0 Å². The second-order valence-corrected chi connectivity index (χ2v) is 4.19. The number of amides is 1. The highest BCUT2D eigenvalue weighted by atomic mass is 32.1. The van der Waals surface area contributed by atoms with Crippen molar-refractivity contribution in [2.24, 2.45) is 5.73 Å². The SMILES string of the molecule is NC(=O)c1sccc1C1C=CNCC1. The van der Waals surface area contributed by atoms with E-state index in [0.29, 0.717) is 10.8 Å². The lowest BCUT2D eigenvalue weighted by molar-refractivity contribution is 0.100. The molecule has 0 fully saturated rings. The van der Waals surface area contributed by atoms with Crippen LogP contribution in [0.4, 0.5) is 0 Å². The Morgan fingerprint density at radius 1 is 1.64 bits per heavy atom. The van der Waals surface area contributed by atoms with Gasteiger partial charge in [-0.25, -0.2) is 0 Å². The van der Waals surface area contributed by atoms with Crippen molar-refractivity contribution in [2.45, 2.75) is 12.3 Å². The lowest BCUT2D eigenvalue weighted by Crippen LogP contribution is -2.18. The maximum Gasteiger partial charge on any atom is 0.259 e. The van der Waals surface area contributed by atoms with Crippen LogP contribution in [0, 0.1) is 0 Å². The molecule has 1 aromatic rings. The van der Waals surface area contributed by atoms with E-state index in [-0.39, 0.29) is 5.91 Å². The normalized spacial score (nSPS) is 20.4. The first-order valence-corrected chi connectivity index (χ1v) is 5.44. The van der Waals surface area contributed by atoms with Crippen molar-refractivity contribution < 1.29 is 4.79 Å². The predicted octanol–water partition coefficient (Wildman–Crippen LogP) is 1.44. The molecule has 0 bridgehead atoms. The molecule has 4 heteroatoms. The minimum absolute atomic E-state index is 0.318. The van der Waals surface area contributed by atoms with Gasteiger partial charge < -0.3 is 11.1 Å². The summed E-state index contributed by atoms with van der Waals surface area (Å²) in [6, 6.07) is 1.99. The van der Waals surface area contributed by atoms with Gasteiger partial charge in [0.1, 0.15) is 0 Å². The zero-order chi connectivity index (χ0) is 9.97. The van der Waals surface area contributed by atoms with E-state index in [1.54, 1.807) is 0 Å². The van der Waals surface area contributed by atoms with Gasteiger partial charge in [0.2, 0.25) is 0 Å².